The minimum atomic E-state index is 0.408. The number of pyridine rings is 1. The van der Waals surface area contributed by atoms with Gasteiger partial charge < -0.3 is 11.1 Å². The standard InChI is InChI=1S/C12H16N4S/c1-3-8(2)15-12-10(11(13)16-17-12)9-5-4-6-14-7-9/h4-8,15H,3H2,1-2H3,(H2,13,16). The highest BCUT2D eigenvalue weighted by atomic mass is 32.1. The molecule has 0 aliphatic carbocycles. The fourth-order valence-electron chi connectivity index (χ4n) is 1.52. The van der Waals surface area contributed by atoms with Gasteiger partial charge in [-0.05, 0) is 30.9 Å². The lowest BCUT2D eigenvalue weighted by Gasteiger charge is -2.12. The molecule has 2 heterocycles. The molecule has 0 saturated carbocycles. The van der Waals surface area contributed by atoms with E-state index in [0.29, 0.717) is 11.9 Å². The van der Waals surface area contributed by atoms with E-state index in [2.05, 4.69) is 28.5 Å². The van der Waals surface area contributed by atoms with E-state index >= 15 is 0 Å². The summed E-state index contributed by atoms with van der Waals surface area (Å²) in [4.78, 5) is 4.12. The van der Waals surface area contributed by atoms with E-state index < -0.39 is 0 Å². The summed E-state index contributed by atoms with van der Waals surface area (Å²) in [5.41, 5.74) is 7.89. The third-order valence-electron chi connectivity index (χ3n) is 2.66. The van der Waals surface area contributed by atoms with Crippen molar-refractivity contribution in [3.05, 3.63) is 24.5 Å². The van der Waals surface area contributed by atoms with Crippen molar-refractivity contribution in [1.29, 1.82) is 0 Å². The Kier molecular flexibility index (Phi) is 3.58. The summed E-state index contributed by atoms with van der Waals surface area (Å²) < 4.78 is 4.21. The van der Waals surface area contributed by atoms with Gasteiger partial charge in [-0.2, -0.15) is 4.37 Å². The Balaban J connectivity index is 2.36. The largest absolute Gasteiger partial charge is 0.382 e. The smallest absolute Gasteiger partial charge is 0.147 e. The van der Waals surface area contributed by atoms with Crippen molar-refractivity contribution in [3.63, 3.8) is 0 Å². The Labute approximate surface area is 105 Å². The number of hydrogen-bond donors (Lipinski definition) is 2. The molecular weight excluding hydrogens is 232 g/mol. The first-order chi connectivity index (χ1) is 8.22. The molecule has 0 saturated heterocycles. The van der Waals surface area contributed by atoms with E-state index in [1.54, 1.807) is 6.20 Å². The van der Waals surface area contributed by atoms with Crippen LogP contribution in [0.25, 0.3) is 11.1 Å². The maximum atomic E-state index is 5.92. The van der Waals surface area contributed by atoms with Crippen LogP contribution in [0.3, 0.4) is 0 Å². The van der Waals surface area contributed by atoms with Gasteiger partial charge in [-0.15, -0.1) is 0 Å². The Morgan fingerprint density at radius 3 is 3.00 bits per heavy atom. The number of hydrogen-bond acceptors (Lipinski definition) is 5. The Hall–Kier alpha value is -1.62. The van der Waals surface area contributed by atoms with Crippen LogP contribution in [0.2, 0.25) is 0 Å². The minimum absolute atomic E-state index is 0.408. The Morgan fingerprint density at radius 1 is 1.53 bits per heavy atom. The second-order valence-electron chi connectivity index (χ2n) is 3.97. The maximum Gasteiger partial charge on any atom is 0.147 e. The van der Waals surface area contributed by atoms with Gasteiger partial charge in [-0.25, -0.2) is 0 Å². The number of anilines is 2. The predicted molar refractivity (Wildman–Crippen MR) is 73.1 cm³/mol. The second-order valence-corrected chi connectivity index (χ2v) is 4.74. The highest BCUT2D eigenvalue weighted by Crippen LogP contribution is 2.36. The summed E-state index contributed by atoms with van der Waals surface area (Å²) in [5.74, 6) is 0.564. The SMILES string of the molecule is CCC(C)Nc1snc(N)c1-c1cccnc1. The molecule has 5 heteroatoms. The van der Waals surface area contributed by atoms with Crippen LogP contribution in [0.15, 0.2) is 24.5 Å². The third kappa shape index (κ3) is 2.55. The van der Waals surface area contributed by atoms with Crippen molar-refractivity contribution in [2.45, 2.75) is 26.3 Å². The lowest BCUT2D eigenvalue weighted by atomic mass is 10.1. The summed E-state index contributed by atoms with van der Waals surface area (Å²) in [6.45, 7) is 4.29. The van der Waals surface area contributed by atoms with E-state index in [0.717, 1.165) is 22.5 Å². The zero-order valence-electron chi connectivity index (χ0n) is 9.97. The van der Waals surface area contributed by atoms with Crippen LogP contribution >= 0.6 is 11.5 Å². The van der Waals surface area contributed by atoms with Gasteiger partial charge in [-0.1, -0.05) is 13.0 Å². The molecule has 0 aliphatic heterocycles. The molecule has 90 valence electrons. The van der Waals surface area contributed by atoms with Crippen LogP contribution in [-0.2, 0) is 0 Å². The number of nitrogens with two attached hydrogens (primary N) is 1. The van der Waals surface area contributed by atoms with E-state index in [-0.39, 0.29) is 0 Å². The molecule has 2 aromatic rings. The predicted octanol–water partition coefficient (Wildman–Crippen LogP) is 3.00. The van der Waals surface area contributed by atoms with Crippen molar-refractivity contribution in [2.24, 2.45) is 0 Å². The Morgan fingerprint density at radius 2 is 2.35 bits per heavy atom. The lowest BCUT2D eigenvalue weighted by Crippen LogP contribution is -2.12. The monoisotopic (exact) mass is 248 g/mol. The second kappa shape index (κ2) is 5.14. The van der Waals surface area contributed by atoms with Crippen molar-refractivity contribution in [2.75, 3.05) is 11.1 Å². The highest BCUT2D eigenvalue weighted by Gasteiger charge is 2.14. The van der Waals surface area contributed by atoms with Gasteiger partial charge in [0.15, 0.2) is 0 Å². The van der Waals surface area contributed by atoms with E-state index in [9.17, 15) is 0 Å². The van der Waals surface area contributed by atoms with Gasteiger partial charge in [0.1, 0.15) is 10.8 Å². The summed E-state index contributed by atoms with van der Waals surface area (Å²) in [7, 11) is 0. The molecule has 4 nitrogen and oxygen atoms in total. The highest BCUT2D eigenvalue weighted by molar-refractivity contribution is 7.11. The van der Waals surface area contributed by atoms with Gasteiger partial charge in [-0.3, -0.25) is 4.98 Å². The lowest BCUT2D eigenvalue weighted by molar-refractivity contribution is 0.767. The van der Waals surface area contributed by atoms with E-state index in [1.807, 2.05) is 18.3 Å². The molecule has 3 N–H and O–H groups in total. The quantitative estimate of drug-likeness (QED) is 0.873. The van der Waals surface area contributed by atoms with Crippen LogP contribution in [0.5, 0.6) is 0 Å². The molecule has 1 atom stereocenters. The van der Waals surface area contributed by atoms with Crippen LogP contribution < -0.4 is 11.1 Å². The molecule has 0 radical (unpaired) electrons. The Bertz CT molecular complexity index is 481. The van der Waals surface area contributed by atoms with Gasteiger partial charge in [0, 0.05) is 24.0 Å². The first-order valence-electron chi connectivity index (χ1n) is 5.64. The summed E-state index contributed by atoms with van der Waals surface area (Å²) >= 11 is 1.40. The zero-order valence-corrected chi connectivity index (χ0v) is 10.8. The minimum Gasteiger partial charge on any atom is -0.382 e. The molecule has 0 aliphatic rings. The summed E-state index contributed by atoms with van der Waals surface area (Å²) in [5, 5.41) is 4.45. The molecule has 2 rings (SSSR count). The molecule has 0 fully saturated rings. The average molecular weight is 248 g/mol. The van der Waals surface area contributed by atoms with Gasteiger partial charge in [0.05, 0.1) is 5.56 Å². The van der Waals surface area contributed by atoms with Crippen LogP contribution in [0.1, 0.15) is 20.3 Å². The first-order valence-corrected chi connectivity index (χ1v) is 6.41. The molecule has 17 heavy (non-hydrogen) atoms. The van der Waals surface area contributed by atoms with Crippen molar-refractivity contribution in [3.8, 4) is 11.1 Å². The fourth-order valence-corrected chi connectivity index (χ4v) is 2.36. The molecule has 0 amide bonds. The molecule has 1 unspecified atom stereocenters. The zero-order chi connectivity index (χ0) is 12.3. The van der Waals surface area contributed by atoms with E-state index in [4.69, 9.17) is 5.73 Å². The molecule has 2 aromatic heterocycles. The average Bonchev–Trinajstić information content (AvgIpc) is 2.71. The molecule has 0 bridgehead atoms. The first kappa shape index (κ1) is 11.9. The van der Waals surface area contributed by atoms with Crippen molar-refractivity contribution >= 4 is 22.4 Å². The molecular formula is C12H16N4S. The molecule has 0 spiro atoms. The summed E-state index contributed by atoms with van der Waals surface area (Å²) in [6.07, 6.45) is 4.62. The normalized spacial score (nSPS) is 12.4. The maximum absolute atomic E-state index is 5.92. The van der Waals surface area contributed by atoms with Crippen LogP contribution in [-0.4, -0.2) is 15.4 Å². The van der Waals surface area contributed by atoms with Crippen LogP contribution in [0, 0.1) is 0 Å². The van der Waals surface area contributed by atoms with Gasteiger partial charge in [0.2, 0.25) is 0 Å². The van der Waals surface area contributed by atoms with Crippen LogP contribution in [0.4, 0.5) is 10.8 Å². The van der Waals surface area contributed by atoms with Crippen molar-refractivity contribution in [1.82, 2.24) is 9.36 Å². The molecule has 0 aromatic carbocycles. The third-order valence-corrected chi connectivity index (χ3v) is 3.45. The van der Waals surface area contributed by atoms with Crippen molar-refractivity contribution < 1.29 is 0 Å². The van der Waals surface area contributed by atoms with Gasteiger partial charge >= 0.3 is 0 Å². The number of nitrogen functional groups attached to an aromatic ring is 1. The fraction of sp³-hybridized carbons (Fsp3) is 0.333. The number of nitrogens with zero attached hydrogens (tertiary/aromatic N) is 2. The number of rotatable bonds is 4. The van der Waals surface area contributed by atoms with Gasteiger partial charge in [0.25, 0.3) is 0 Å². The topological polar surface area (TPSA) is 63.8 Å². The van der Waals surface area contributed by atoms with E-state index in [1.165, 1.54) is 11.5 Å². The number of aromatic nitrogens is 2. The summed E-state index contributed by atoms with van der Waals surface area (Å²) in [6, 6.07) is 4.30. The number of nitrogens with one attached hydrogen (secondary N) is 1.